The standard InChI is InChI=1S/C27H30BrN3O6S/c1-19(27(33)29-2)30(17-20-9-8-10-21(28)15-20)26(32)18-31(22-11-6-5-7-12-22)38(34,35)23-13-14-24(36-3)25(16-23)37-4/h5-16,19H,17-18H2,1-4H3,(H,29,33)/t19-/m0/s1. The molecule has 0 radical (unpaired) electrons. The molecule has 1 atom stereocenters. The highest BCUT2D eigenvalue weighted by Gasteiger charge is 2.32. The third-order valence-corrected chi connectivity index (χ3v) is 8.18. The second-order valence-corrected chi connectivity index (χ2v) is 11.1. The van der Waals surface area contributed by atoms with Crippen molar-refractivity contribution in [2.75, 3.05) is 32.1 Å². The van der Waals surface area contributed by atoms with E-state index in [2.05, 4.69) is 21.2 Å². The third-order valence-electron chi connectivity index (χ3n) is 5.92. The Bertz CT molecular complexity index is 1380. The fraction of sp³-hybridized carbons (Fsp3) is 0.259. The van der Waals surface area contributed by atoms with E-state index in [1.807, 2.05) is 24.3 Å². The van der Waals surface area contributed by atoms with Crippen LogP contribution < -0.4 is 19.1 Å². The number of anilines is 1. The first-order valence-electron chi connectivity index (χ1n) is 11.7. The van der Waals surface area contributed by atoms with Gasteiger partial charge in [0, 0.05) is 24.1 Å². The van der Waals surface area contributed by atoms with Crippen LogP contribution in [0.25, 0.3) is 0 Å². The van der Waals surface area contributed by atoms with Crippen LogP contribution in [0.2, 0.25) is 0 Å². The number of rotatable bonds is 11. The van der Waals surface area contributed by atoms with Crippen LogP contribution in [0.15, 0.2) is 82.2 Å². The van der Waals surface area contributed by atoms with Crippen molar-refractivity contribution in [2.24, 2.45) is 0 Å². The van der Waals surface area contributed by atoms with Crippen molar-refractivity contribution in [1.29, 1.82) is 0 Å². The molecule has 0 spiro atoms. The smallest absolute Gasteiger partial charge is 0.264 e. The van der Waals surface area contributed by atoms with Gasteiger partial charge in [-0.25, -0.2) is 8.42 Å². The van der Waals surface area contributed by atoms with E-state index in [1.54, 1.807) is 37.3 Å². The summed E-state index contributed by atoms with van der Waals surface area (Å²) in [7, 11) is 0.118. The van der Waals surface area contributed by atoms with E-state index in [4.69, 9.17) is 9.47 Å². The first-order chi connectivity index (χ1) is 18.1. The Morgan fingerprint density at radius 3 is 2.24 bits per heavy atom. The molecule has 202 valence electrons. The number of carbonyl (C=O) groups excluding carboxylic acids is 2. The minimum absolute atomic E-state index is 0.0790. The maximum absolute atomic E-state index is 13.9. The molecule has 0 bridgehead atoms. The van der Waals surface area contributed by atoms with Crippen molar-refractivity contribution in [1.82, 2.24) is 10.2 Å². The van der Waals surface area contributed by atoms with Gasteiger partial charge in [0.15, 0.2) is 11.5 Å². The SMILES string of the molecule is CNC(=O)[C@H](C)N(Cc1cccc(Br)c1)C(=O)CN(c1ccccc1)S(=O)(=O)c1ccc(OC)c(OC)c1. The number of sulfonamides is 1. The summed E-state index contributed by atoms with van der Waals surface area (Å²) in [5, 5.41) is 2.56. The predicted octanol–water partition coefficient (Wildman–Crippen LogP) is 3.82. The van der Waals surface area contributed by atoms with Gasteiger partial charge >= 0.3 is 0 Å². The quantitative estimate of drug-likeness (QED) is 0.357. The molecule has 11 heteroatoms. The zero-order valence-electron chi connectivity index (χ0n) is 21.5. The summed E-state index contributed by atoms with van der Waals surface area (Å²) in [6.07, 6.45) is 0. The number of methoxy groups -OCH3 is 2. The molecule has 0 unspecified atom stereocenters. The lowest BCUT2D eigenvalue weighted by molar-refractivity contribution is -0.139. The second kappa shape index (κ2) is 12.8. The van der Waals surface area contributed by atoms with E-state index in [-0.39, 0.29) is 23.1 Å². The summed E-state index contributed by atoms with van der Waals surface area (Å²) in [5.41, 5.74) is 1.07. The fourth-order valence-electron chi connectivity index (χ4n) is 3.85. The normalized spacial score (nSPS) is 11.8. The number of carbonyl (C=O) groups is 2. The van der Waals surface area contributed by atoms with Crippen LogP contribution in [0.4, 0.5) is 5.69 Å². The maximum atomic E-state index is 13.9. The first-order valence-corrected chi connectivity index (χ1v) is 13.9. The molecular weight excluding hydrogens is 574 g/mol. The molecule has 0 aliphatic rings. The van der Waals surface area contributed by atoms with Gasteiger partial charge in [-0.3, -0.25) is 13.9 Å². The van der Waals surface area contributed by atoms with Crippen LogP contribution >= 0.6 is 15.9 Å². The number of benzene rings is 3. The van der Waals surface area contributed by atoms with Crippen LogP contribution in [0.1, 0.15) is 12.5 Å². The number of halogens is 1. The first kappa shape index (κ1) is 29.0. The lowest BCUT2D eigenvalue weighted by atomic mass is 10.1. The number of nitrogens with one attached hydrogen (secondary N) is 1. The number of amides is 2. The third kappa shape index (κ3) is 6.65. The molecule has 0 saturated carbocycles. The van der Waals surface area contributed by atoms with Crippen LogP contribution in [-0.2, 0) is 26.2 Å². The van der Waals surface area contributed by atoms with Crippen LogP contribution in [0.3, 0.4) is 0 Å². The highest BCUT2D eigenvalue weighted by molar-refractivity contribution is 9.10. The predicted molar refractivity (Wildman–Crippen MR) is 149 cm³/mol. The van der Waals surface area contributed by atoms with Gasteiger partial charge in [-0.15, -0.1) is 0 Å². The van der Waals surface area contributed by atoms with E-state index >= 15 is 0 Å². The molecular formula is C27H30BrN3O6S. The molecule has 0 aromatic heterocycles. The number of hydrogen-bond acceptors (Lipinski definition) is 6. The second-order valence-electron chi connectivity index (χ2n) is 8.31. The van der Waals surface area contributed by atoms with E-state index < -0.39 is 28.5 Å². The Labute approximate surface area is 231 Å². The molecule has 0 heterocycles. The largest absolute Gasteiger partial charge is 0.493 e. The molecule has 2 amide bonds. The molecule has 0 fully saturated rings. The van der Waals surface area contributed by atoms with E-state index in [1.165, 1.54) is 44.4 Å². The Hall–Kier alpha value is -3.57. The molecule has 3 rings (SSSR count). The number of hydrogen-bond donors (Lipinski definition) is 1. The zero-order valence-corrected chi connectivity index (χ0v) is 24.0. The molecule has 3 aromatic carbocycles. The summed E-state index contributed by atoms with van der Waals surface area (Å²) in [4.78, 5) is 27.6. The van der Waals surface area contributed by atoms with Gasteiger partial charge in [0.05, 0.1) is 24.8 Å². The molecule has 38 heavy (non-hydrogen) atoms. The highest BCUT2D eigenvalue weighted by Crippen LogP contribution is 2.32. The van der Waals surface area contributed by atoms with Crippen molar-refractivity contribution in [3.05, 3.63) is 82.8 Å². The van der Waals surface area contributed by atoms with Crippen molar-refractivity contribution in [2.45, 2.75) is 24.4 Å². The lowest BCUT2D eigenvalue weighted by Crippen LogP contribution is -2.50. The summed E-state index contributed by atoms with van der Waals surface area (Å²) < 4.78 is 40.2. The summed E-state index contributed by atoms with van der Waals surface area (Å²) in [6.45, 7) is 1.17. The molecule has 0 aliphatic heterocycles. The monoisotopic (exact) mass is 603 g/mol. The number of para-hydroxylation sites is 1. The number of nitrogens with zero attached hydrogens (tertiary/aromatic N) is 2. The van der Waals surface area contributed by atoms with Crippen LogP contribution in [0, 0.1) is 0 Å². The zero-order chi connectivity index (χ0) is 27.9. The minimum atomic E-state index is -4.23. The average Bonchev–Trinajstić information content (AvgIpc) is 2.93. The van der Waals surface area contributed by atoms with E-state index in [9.17, 15) is 18.0 Å². The van der Waals surface area contributed by atoms with Crippen LogP contribution in [0.5, 0.6) is 11.5 Å². The van der Waals surface area contributed by atoms with Gasteiger partial charge in [-0.05, 0) is 48.9 Å². The Kier molecular flexibility index (Phi) is 9.76. The number of likely N-dealkylation sites (N-methyl/N-ethyl adjacent to an activating group) is 1. The molecule has 0 aliphatic carbocycles. The topological polar surface area (TPSA) is 105 Å². The fourth-order valence-corrected chi connectivity index (χ4v) is 5.73. The average molecular weight is 605 g/mol. The Morgan fingerprint density at radius 2 is 1.63 bits per heavy atom. The highest BCUT2D eigenvalue weighted by atomic mass is 79.9. The van der Waals surface area contributed by atoms with Gasteiger partial charge < -0.3 is 19.7 Å². The minimum Gasteiger partial charge on any atom is -0.493 e. The Morgan fingerprint density at radius 1 is 0.947 bits per heavy atom. The van der Waals surface area contributed by atoms with Gasteiger partial charge in [-0.1, -0.05) is 46.3 Å². The summed E-state index contributed by atoms with van der Waals surface area (Å²) in [5.74, 6) is -0.317. The number of ether oxygens (including phenoxy) is 2. The van der Waals surface area contributed by atoms with Crippen LogP contribution in [-0.4, -0.2) is 59.0 Å². The Balaban J connectivity index is 2.04. The van der Waals surface area contributed by atoms with Crippen molar-refractivity contribution >= 4 is 43.5 Å². The van der Waals surface area contributed by atoms with E-state index in [0.29, 0.717) is 11.4 Å². The van der Waals surface area contributed by atoms with E-state index in [0.717, 1.165) is 14.3 Å². The van der Waals surface area contributed by atoms with Crippen molar-refractivity contribution in [3.63, 3.8) is 0 Å². The van der Waals surface area contributed by atoms with Gasteiger partial charge in [0.1, 0.15) is 12.6 Å². The summed E-state index contributed by atoms with van der Waals surface area (Å²) in [6, 6.07) is 19.0. The molecule has 1 N–H and O–H groups in total. The molecule has 3 aromatic rings. The van der Waals surface area contributed by atoms with Crippen molar-refractivity contribution in [3.8, 4) is 11.5 Å². The van der Waals surface area contributed by atoms with Gasteiger partial charge in [-0.2, -0.15) is 0 Å². The van der Waals surface area contributed by atoms with Crippen molar-refractivity contribution < 1.29 is 27.5 Å². The lowest BCUT2D eigenvalue weighted by Gasteiger charge is -2.31. The molecule has 0 saturated heterocycles. The van der Waals surface area contributed by atoms with Gasteiger partial charge in [0.25, 0.3) is 10.0 Å². The summed E-state index contributed by atoms with van der Waals surface area (Å²) >= 11 is 3.42. The maximum Gasteiger partial charge on any atom is 0.264 e. The molecule has 9 nitrogen and oxygen atoms in total. The van der Waals surface area contributed by atoms with Gasteiger partial charge in [0.2, 0.25) is 11.8 Å².